The van der Waals surface area contributed by atoms with E-state index in [1.807, 2.05) is 26.0 Å². The van der Waals surface area contributed by atoms with E-state index in [9.17, 15) is 4.39 Å². The number of aliphatic imine (C=N–C) groups is 1. The van der Waals surface area contributed by atoms with Crippen molar-refractivity contribution in [3.8, 4) is 5.75 Å². The van der Waals surface area contributed by atoms with Crippen molar-refractivity contribution in [1.82, 2.24) is 15.5 Å². The van der Waals surface area contributed by atoms with Gasteiger partial charge in [-0.15, -0.1) is 0 Å². The molecule has 0 bridgehead atoms. The number of aryl methyl sites for hydroxylation is 1. The second-order valence-corrected chi connectivity index (χ2v) is 7.33. The summed E-state index contributed by atoms with van der Waals surface area (Å²) in [6.45, 7) is 8.20. The molecule has 30 heavy (non-hydrogen) atoms. The molecule has 3 rings (SSSR count). The number of hydrogen-bond acceptors (Lipinski definition) is 5. The van der Waals surface area contributed by atoms with Gasteiger partial charge >= 0.3 is 0 Å². The maximum Gasteiger partial charge on any atom is 0.191 e. The Morgan fingerprint density at radius 2 is 1.97 bits per heavy atom. The Morgan fingerprint density at radius 1 is 1.20 bits per heavy atom. The normalized spacial score (nSPS) is 17.4. The first-order valence-corrected chi connectivity index (χ1v) is 10.3. The van der Waals surface area contributed by atoms with Crippen LogP contribution in [0.25, 0.3) is 0 Å². The van der Waals surface area contributed by atoms with Crippen LogP contribution in [-0.4, -0.2) is 63.4 Å². The fourth-order valence-corrected chi connectivity index (χ4v) is 3.40. The zero-order valence-electron chi connectivity index (χ0n) is 17.9. The van der Waals surface area contributed by atoms with Crippen LogP contribution in [0.1, 0.15) is 24.5 Å². The van der Waals surface area contributed by atoms with Crippen LogP contribution in [0.15, 0.2) is 45.8 Å². The summed E-state index contributed by atoms with van der Waals surface area (Å²) in [6.07, 6.45) is -0.159. The number of benzene rings is 1. The lowest BCUT2D eigenvalue weighted by atomic mass is 10.1. The average molecular weight is 419 g/mol. The molecule has 1 aliphatic heterocycles. The van der Waals surface area contributed by atoms with Gasteiger partial charge in [0.25, 0.3) is 0 Å². The van der Waals surface area contributed by atoms with Gasteiger partial charge in [0.1, 0.15) is 29.2 Å². The Kier molecular flexibility index (Phi) is 8.10. The SMILES string of the molecule is CN=C(NCC(C)Oc1cccc(F)c1)NCC(c1ccc(C)o1)N1CCOCC1. The monoisotopic (exact) mass is 418 g/mol. The second-order valence-electron chi connectivity index (χ2n) is 7.33. The molecule has 2 N–H and O–H groups in total. The Labute approximate surface area is 177 Å². The van der Waals surface area contributed by atoms with E-state index in [0.717, 1.165) is 37.8 Å². The molecule has 1 aliphatic rings. The molecule has 2 atom stereocenters. The molecule has 8 heteroatoms. The van der Waals surface area contributed by atoms with E-state index in [4.69, 9.17) is 13.9 Å². The number of rotatable bonds is 8. The number of hydrogen-bond donors (Lipinski definition) is 2. The molecule has 1 aromatic carbocycles. The predicted octanol–water partition coefficient (Wildman–Crippen LogP) is 2.73. The highest BCUT2D eigenvalue weighted by Gasteiger charge is 2.25. The van der Waals surface area contributed by atoms with Crippen molar-refractivity contribution in [1.29, 1.82) is 0 Å². The van der Waals surface area contributed by atoms with Gasteiger partial charge in [-0.1, -0.05) is 6.07 Å². The minimum absolute atomic E-state index is 0.0853. The topological polar surface area (TPSA) is 71.3 Å². The summed E-state index contributed by atoms with van der Waals surface area (Å²) in [4.78, 5) is 6.66. The summed E-state index contributed by atoms with van der Waals surface area (Å²) in [6, 6.07) is 10.2. The van der Waals surface area contributed by atoms with E-state index in [1.165, 1.54) is 12.1 Å². The minimum Gasteiger partial charge on any atom is -0.489 e. The molecular formula is C22H31FN4O3. The summed E-state index contributed by atoms with van der Waals surface area (Å²) in [5.74, 6) is 2.70. The molecule has 0 radical (unpaired) electrons. The van der Waals surface area contributed by atoms with Gasteiger partial charge in [-0.25, -0.2) is 4.39 Å². The highest BCUT2D eigenvalue weighted by atomic mass is 19.1. The molecule has 164 valence electrons. The molecule has 0 spiro atoms. The second kappa shape index (κ2) is 11.0. The van der Waals surface area contributed by atoms with Gasteiger partial charge in [-0.2, -0.15) is 0 Å². The van der Waals surface area contributed by atoms with E-state index in [-0.39, 0.29) is 18.0 Å². The average Bonchev–Trinajstić information content (AvgIpc) is 3.17. The molecule has 0 aliphatic carbocycles. The van der Waals surface area contributed by atoms with Crippen molar-refractivity contribution in [2.75, 3.05) is 46.4 Å². The van der Waals surface area contributed by atoms with Crippen molar-refractivity contribution in [3.63, 3.8) is 0 Å². The van der Waals surface area contributed by atoms with Crippen molar-refractivity contribution in [2.45, 2.75) is 26.0 Å². The highest BCUT2D eigenvalue weighted by Crippen LogP contribution is 2.23. The molecular weight excluding hydrogens is 387 g/mol. The van der Waals surface area contributed by atoms with Gasteiger partial charge in [-0.05, 0) is 38.1 Å². The lowest BCUT2D eigenvalue weighted by Gasteiger charge is -2.33. The van der Waals surface area contributed by atoms with Crippen LogP contribution in [0.4, 0.5) is 4.39 Å². The molecule has 0 saturated carbocycles. The number of ether oxygens (including phenoxy) is 2. The molecule has 1 saturated heterocycles. The van der Waals surface area contributed by atoms with Gasteiger partial charge in [0.05, 0.1) is 25.8 Å². The van der Waals surface area contributed by atoms with E-state index in [2.05, 4.69) is 20.5 Å². The van der Waals surface area contributed by atoms with Gasteiger partial charge in [0, 0.05) is 32.7 Å². The van der Waals surface area contributed by atoms with Gasteiger partial charge in [-0.3, -0.25) is 9.89 Å². The fourth-order valence-electron chi connectivity index (χ4n) is 3.40. The van der Waals surface area contributed by atoms with E-state index in [1.54, 1.807) is 19.2 Å². The Bertz CT molecular complexity index is 820. The van der Waals surface area contributed by atoms with E-state index >= 15 is 0 Å². The number of guanidine groups is 1. The summed E-state index contributed by atoms with van der Waals surface area (Å²) in [5.41, 5.74) is 0. The van der Waals surface area contributed by atoms with Crippen LogP contribution in [0.5, 0.6) is 5.75 Å². The molecule has 2 aromatic rings. The molecule has 2 unspecified atom stereocenters. The van der Waals surface area contributed by atoms with E-state index < -0.39 is 0 Å². The quantitative estimate of drug-likeness (QED) is 0.507. The Hall–Kier alpha value is -2.58. The first-order valence-electron chi connectivity index (χ1n) is 10.3. The lowest BCUT2D eigenvalue weighted by Crippen LogP contribution is -2.47. The van der Waals surface area contributed by atoms with Crippen LogP contribution in [0.2, 0.25) is 0 Å². The third-order valence-electron chi connectivity index (χ3n) is 4.95. The van der Waals surface area contributed by atoms with Gasteiger partial charge in [0.2, 0.25) is 0 Å². The maximum atomic E-state index is 13.3. The number of morpholine rings is 1. The maximum absolute atomic E-state index is 13.3. The van der Waals surface area contributed by atoms with Crippen LogP contribution in [-0.2, 0) is 4.74 Å². The predicted molar refractivity (Wildman–Crippen MR) is 114 cm³/mol. The summed E-state index contributed by atoms with van der Waals surface area (Å²) in [7, 11) is 1.73. The van der Waals surface area contributed by atoms with Gasteiger partial charge < -0.3 is 24.5 Å². The first-order chi connectivity index (χ1) is 14.5. The molecule has 1 fully saturated rings. The van der Waals surface area contributed by atoms with Crippen LogP contribution < -0.4 is 15.4 Å². The smallest absolute Gasteiger partial charge is 0.191 e. The van der Waals surface area contributed by atoms with Crippen LogP contribution in [0.3, 0.4) is 0 Å². The van der Waals surface area contributed by atoms with Gasteiger partial charge in [0.15, 0.2) is 5.96 Å². The zero-order chi connectivity index (χ0) is 21.3. The molecule has 1 aromatic heterocycles. The summed E-state index contributed by atoms with van der Waals surface area (Å²) in [5, 5.41) is 6.65. The minimum atomic E-state index is -0.313. The third kappa shape index (κ3) is 6.47. The van der Waals surface area contributed by atoms with Crippen molar-refractivity contribution >= 4 is 5.96 Å². The lowest BCUT2D eigenvalue weighted by molar-refractivity contribution is 0.0124. The largest absolute Gasteiger partial charge is 0.489 e. The number of halogens is 1. The fraction of sp³-hybridized carbons (Fsp3) is 0.500. The Balaban J connectivity index is 1.53. The third-order valence-corrected chi connectivity index (χ3v) is 4.95. The summed E-state index contributed by atoms with van der Waals surface area (Å²) < 4.78 is 30.5. The number of furan rings is 1. The van der Waals surface area contributed by atoms with Crippen molar-refractivity contribution in [3.05, 3.63) is 53.7 Å². The highest BCUT2D eigenvalue weighted by molar-refractivity contribution is 5.79. The standard InChI is InChI=1S/C22H31FN4O3/c1-16-7-8-21(30-16)20(27-9-11-28-12-10-27)15-26-22(24-3)25-14-17(2)29-19-6-4-5-18(23)13-19/h4-8,13,17,20H,9-12,14-15H2,1-3H3,(H2,24,25,26). The van der Waals surface area contributed by atoms with E-state index in [0.29, 0.717) is 24.8 Å². The molecule has 7 nitrogen and oxygen atoms in total. The summed E-state index contributed by atoms with van der Waals surface area (Å²) >= 11 is 0. The van der Waals surface area contributed by atoms with Crippen LogP contribution in [0, 0.1) is 12.7 Å². The number of nitrogens with zero attached hydrogens (tertiary/aromatic N) is 2. The molecule has 0 amide bonds. The molecule has 2 heterocycles. The first kappa shape index (κ1) is 22.1. The number of nitrogens with one attached hydrogen (secondary N) is 2. The Morgan fingerprint density at radius 3 is 2.63 bits per heavy atom. The van der Waals surface area contributed by atoms with Crippen molar-refractivity contribution in [2.24, 2.45) is 4.99 Å². The zero-order valence-corrected chi connectivity index (χ0v) is 17.9. The van der Waals surface area contributed by atoms with Crippen LogP contribution >= 0.6 is 0 Å². The van der Waals surface area contributed by atoms with Crippen molar-refractivity contribution < 1.29 is 18.3 Å².